The highest BCUT2D eigenvalue weighted by Crippen LogP contribution is 2.33. The zero-order valence-electron chi connectivity index (χ0n) is 13.4. The van der Waals surface area contributed by atoms with Crippen LogP contribution >= 0.6 is 0 Å². The first-order valence-electron chi connectivity index (χ1n) is 8.23. The first-order chi connectivity index (χ1) is 11.5. The Bertz CT molecular complexity index is 603. The lowest BCUT2D eigenvalue weighted by atomic mass is 9.85. The predicted molar refractivity (Wildman–Crippen MR) is 83.9 cm³/mol. The lowest BCUT2D eigenvalue weighted by Gasteiger charge is -2.35. The summed E-state index contributed by atoms with van der Waals surface area (Å²) in [5.74, 6) is -0.0213. The molecule has 3 N–H and O–H groups in total. The third-order valence-corrected chi connectivity index (χ3v) is 4.80. The van der Waals surface area contributed by atoms with Crippen LogP contribution in [0.5, 0.6) is 5.75 Å². The van der Waals surface area contributed by atoms with Crippen molar-refractivity contribution in [2.24, 2.45) is 5.73 Å². The number of amides is 1. The number of aryl methyl sites for hydroxylation is 1. The largest absolute Gasteiger partial charge is 0.435 e. The molecule has 1 amide bonds. The van der Waals surface area contributed by atoms with Crippen LogP contribution in [0.2, 0.25) is 0 Å². The molecule has 0 aromatic heterocycles. The third-order valence-electron chi connectivity index (χ3n) is 4.80. The van der Waals surface area contributed by atoms with Crippen molar-refractivity contribution in [2.75, 3.05) is 13.2 Å². The Labute approximate surface area is 139 Å². The Morgan fingerprint density at radius 3 is 2.83 bits per heavy atom. The SMILES string of the molecule is NC1(C(=O)NC2CCCc3cc(OC(F)F)ccc32)CCOCC1. The number of nitrogens with one attached hydrogen (secondary N) is 1. The number of ether oxygens (including phenoxy) is 2. The number of alkyl halides is 2. The van der Waals surface area contributed by atoms with E-state index in [1.165, 1.54) is 6.07 Å². The molecule has 7 heteroatoms. The number of carbonyl (C=O) groups excluding carboxylic acids is 1. The maximum atomic E-state index is 12.6. The molecular weight excluding hydrogens is 318 g/mol. The summed E-state index contributed by atoms with van der Waals surface area (Å²) < 4.78 is 34.4. The number of hydrogen-bond acceptors (Lipinski definition) is 4. The second-order valence-electron chi connectivity index (χ2n) is 6.43. The molecule has 1 unspecified atom stereocenters. The lowest BCUT2D eigenvalue weighted by molar-refractivity contribution is -0.130. The summed E-state index contributed by atoms with van der Waals surface area (Å²) >= 11 is 0. The molecule has 0 saturated carbocycles. The summed E-state index contributed by atoms with van der Waals surface area (Å²) in [7, 11) is 0. The van der Waals surface area contributed by atoms with E-state index < -0.39 is 12.2 Å². The third kappa shape index (κ3) is 3.67. The molecule has 1 aliphatic carbocycles. The molecule has 1 heterocycles. The second-order valence-corrected chi connectivity index (χ2v) is 6.43. The van der Waals surface area contributed by atoms with Crippen molar-refractivity contribution in [1.29, 1.82) is 0 Å². The Kier molecular flexibility index (Phi) is 5.01. The summed E-state index contributed by atoms with van der Waals surface area (Å²) in [6.07, 6.45) is 3.46. The van der Waals surface area contributed by atoms with Crippen molar-refractivity contribution in [1.82, 2.24) is 5.32 Å². The summed E-state index contributed by atoms with van der Waals surface area (Å²) in [6, 6.07) is 4.75. The van der Waals surface area contributed by atoms with E-state index in [1.54, 1.807) is 12.1 Å². The quantitative estimate of drug-likeness (QED) is 0.882. The van der Waals surface area contributed by atoms with E-state index in [4.69, 9.17) is 10.5 Å². The number of rotatable bonds is 4. The van der Waals surface area contributed by atoms with Gasteiger partial charge in [0, 0.05) is 13.2 Å². The standard InChI is InChI=1S/C17H22F2N2O3/c18-16(19)24-12-4-5-13-11(10-12)2-1-3-14(13)21-15(22)17(20)6-8-23-9-7-17/h4-5,10,14,16H,1-3,6-9,20H2,(H,21,22). The molecule has 2 aliphatic rings. The van der Waals surface area contributed by atoms with Crippen molar-refractivity contribution in [3.63, 3.8) is 0 Å². The maximum absolute atomic E-state index is 12.6. The Morgan fingerprint density at radius 1 is 1.38 bits per heavy atom. The number of nitrogens with two attached hydrogens (primary N) is 1. The van der Waals surface area contributed by atoms with Crippen LogP contribution in [0.3, 0.4) is 0 Å². The highest BCUT2D eigenvalue weighted by atomic mass is 19.3. The van der Waals surface area contributed by atoms with Crippen LogP contribution in [0.25, 0.3) is 0 Å². The average molecular weight is 340 g/mol. The number of hydrogen-bond donors (Lipinski definition) is 2. The van der Waals surface area contributed by atoms with Gasteiger partial charge < -0.3 is 20.5 Å². The first-order valence-corrected chi connectivity index (χ1v) is 8.23. The van der Waals surface area contributed by atoms with Crippen LogP contribution in [-0.4, -0.2) is 31.3 Å². The molecule has 1 saturated heterocycles. The van der Waals surface area contributed by atoms with Crippen LogP contribution in [0, 0.1) is 0 Å². The van der Waals surface area contributed by atoms with E-state index in [9.17, 15) is 13.6 Å². The minimum atomic E-state index is -2.84. The van der Waals surface area contributed by atoms with Gasteiger partial charge in [0.25, 0.3) is 0 Å². The molecule has 0 spiro atoms. The molecule has 1 aromatic carbocycles. The average Bonchev–Trinajstić information content (AvgIpc) is 2.55. The van der Waals surface area contributed by atoms with Crippen molar-refractivity contribution >= 4 is 5.91 Å². The molecule has 24 heavy (non-hydrogen) atoms. The van der Waals surface area contributed by atoms with Gasteiger partial charge in [0.1, 0.15) is 5.75 Å². The normalized spacial score (nSPS) is 22.8. The molecule has 0 radical (unpaired) electrons. The van der Waals surface area contributed by atoms with Crippen LogP contribution < -0.4 is 15.8 Å². The minimum Gasteiger partial charge on any atom is -0.435 e. The number of fused-ring (bicyclic) bond motifs is 1. The van der Waals surface area contributed by atoms with E-state index in [0.29, 0.717) is 26.1 Å². The zero-order valence-corrected chi connectivity index (χ0v) is 13.4. The fourth-order valence-corrected chi connectivity index (χ4v) is 3.38. The van der Waals surface area contributed by atoms with Gasteiger partial charge in [-0.1, -0.05) is 6.07 Å². The van der Waals surface area contributed by atoms with Gasteiger partial charge in [-0.3, -0.25) is 4.79 Å². The number of halogens is 2. The van der Waals surface area contributed by atoms with E-state index in [0.717, 1.165) is 30.4 Å². The summed E-state index contributed by atoms with van der Waals surface area (Å²) in [6.45, 7) is -1.87. The van der Waals surface area contributed by atoms with Gasteiger partial charge in [-0.25, -0.2) is 0 Å². The zero-order chi connectivity index (χ0) is 17.2. The number of benzene rings is 1. The van der Waals surface area contributed by atoms with Crippen LogP contribution in [0.1, 0.15) is 42.9 Å². The minimum absolute atomic E-state index is 0.148. The van der Waals surface area contributed by atoms with E-state index >= 15 is 0 Å². The van der Waals surface area contributed by atoms with Gasteiger partial charge in [0.05, 0.1) is 11.6 Å². The molecule has 3 rings (SSSR count). The maximum Gasteiger partial charge on any atom is 0.387 e. The van der Waals surface area contributed by atoms with Gasteiger partial charge in [0.15, 0.2) is 0 Å². The Morgan fingerprint density at radius 2 is 2.12 bits per heavy atom. The molecule has 1 atom stereocenters. The fourth-order valence-electron chi connectivity index (χ4n) is 3.38. The first kappa shape index (κ1) is 17.1. The monoisotopic (exact) mass is 340 g/mol. The number of carbonyl (C=O) groups is 1. The van der Waals surface area contributed by atoms with E-state index in [1.807, 2.05) is 0 Å². The smallest absolute Gasteiger partial charge is 0.387 e. The molecule has 1 aromatic rings. The van der Waals surface area contributed by atoms with Gasteiger partial charge in [-0.2, -0.15) is 8.78 Å². The summed E-state index contributed by atoms with van der Waals surface area (Å²) in [5, 5.41) is 3.04. The topological polar surface area (TPSA) is 73.6 Å². The van der Waals surface area contributed by atoms with Crippen LogP contribution in [-0.2, 0) is 16.0 Å². The Hall–Kier alpha value is -1.73. The summed E-state index contributed by atoms with van der Waals surface area (Å²) in [4.78, 5) is 12.6. The molecule has 5 nitrogen and oxygen atoms in total. The van der Waals surface area contributed by atoms with Gasteiger partial charge in [-0.05, 0) is 55.4 Å². The van der Waals surface area contributed by atoms with Crippen molar-refractivity contribution in [2.45, 2.75) is 50.3 Å². The Balaban J connectivity index is 1.73. The molecule has 132 valence electrons. The molecular formula is C17H22F2N2O3. The van der Waals surface area contributed by atoms with Crippen molar-refractivity contribution in [3.05, 3.63) is 29.3 Å². The van der Waals surface area contributed by atoms with Gasteiger partial charge >= 0.3 is 6.61 Å². The molecule has 0 bridgehead atoms. The summed E-state index contributed by atoms with van der Waals surface area (Å²) in [5.41, 5.74) is 7.21. The lowest BCUT2D eigenvalue weighted by Crippen LogP contribution is -2.57. The highest BCUT2D eigenvalue weighted by molar-refractivity contribution is 5.86. The van der Waals surface area contributed by atoms with Crippen molar-refractivity contribution in [3.8, 4) is 5.75 Å². The van der Waals surface area contributed by atoms with E-state index in [-0.39, 0.29) is 17.7 Å². The van der Waals surface area contributed by atoms with Crippen molar-refractivity contribution < 1.29 is 23.0 Å². The van der Waals surface area contributed by atoms with Gasteiger partial charge in [0.2, 0.25) is 5.91 Å². The predicted octanol–water partition coefficient (Wildman–Crippen LogP) is 2.29. The van der Waals surface area contributed by atoms with Crippen LogP contribution in [0.4, 0.5) is 8.78 Å². The van der Waals surface area contributed by atoms with E-state index in [2.05, 4.69) is 10.1 Å². The second kappa shape index (κ2) is 7.03. The highest BCUT2D eigenvalue weighted by Gasteiger charge is 2.37. The van der Waals surface area contributed by atoms with Crippen LogP contribution in [0.15, 0.2) is 18.2 Å². The fraction of sp³-hybridized carbons (Fsp3) is 0.588. The molecule has 1 aliphatic heterocycles. The van der Waals surface area contributed by atoms with Gasteiger partial charge in [-0.15, -0.1) is 0 Å². The molecule has 1 fully saturated rings.